The fraction of sp³-hybridized carbons (Fsp3) is 1.00. The van der Waals surface area contributed by atoms with E-state index in [1.54, 1.807) is 0 Å². The second-order valence-electron chi connectivity index (χ2n) is 5.79. The average molecular weight is 269 g/mol. The lowest BCUT2D eigenvalue weighted by atomic mass is 10.2. The SMILES string of the molecule is CCOCCCNCCN1CCCN2CCCC2C1. The van der Waals surface area contributed by atoms with E-state index in [-0.39, 0.29) is 0 Å². The normalized spacial score (nSPS) is 25.4. The molecular formula is C15H31N3O. The predicted octanol–water partition coefficient (Wildman–Crippen LogP) is 1.17. The van der Waals surface area contributed by atoms with Gasteiger partial charge in [0.15, 0.2) is 0 Å². The fourth-order valence-corrected chi connectivity index (χ4v) is 3.29. The first-order chi connectivity index (χ1) is 9.40. The predicted molar refractivity (Wildman–Crippen MR) is 79.6 cm³/mol. The summed E-state index contributed by atoms with van der Waals surface area (Å²) in [7, 11) is 0. The Bertz CT molecular complexity index is 237. The molecule has 112 valence electrons. The Kier molecular flexibility index (Phi) is 7.14. The van der Waals surface area contributed by atoms with Crippen LogP contribution in [-0.4, -0.2) is 74.9 Å². The molecule has 0 aromatic carbocycles. The maximum Gasteiger partial charge on any atom is 0.0477 e. The van der Waals surface area contributed by atoms with Crippen LogP contribution in [0.15, 0.2) is 0 Å². The molecule has 2 fully saturated rings. The van der Waals surface area contributed by atoms with E-state index in [1.165, 1.54) is 52.0 Å². The van der Waals surface area contributed by atoms with Gasteiger partial charge in [0.25, 0.3) is 0 Å². The van der Waals surface area contributed by atoms with E-state index in [4.69, 9.17) is 4.74 Å². The molecule has 4 nitrogen and oxygen atoms in total. The highest BCUT2D eigenvalue weighted by atomic mass is 16.5. The van der Waals surface area contributed by atoms with Gasteiger partial charge in [0.1, 0.15) is 0 Å². The van der Waals surface area contributed by atoms with E-state index in [9.17, 15) is 0 Å². The lowest BCUT2D eigenvalue weighted by molar-refractivity contribution is 0.144. The van der Waals surface area contributed by atoms with Crippen LogP contribution in [0.3, 0.4) is 0 Å². The Labute approximate surface area is 118 Å². The van der Waals surface area contributed by atoms with Crippen molar-refractivity contribution < 1.29 is 4.74 Å². The van der Waals surface area contributed by atoms with Gasteiger partial charge in [0, 0.05) is 38.9 Å². The molecule has 0 amide bonds. The second kappa shape index (κ2) is 8.90. The van der Waals surface area contributed by atoms with Crippen molar-refractivity contribution in [2.24, 2.45) is 0 Å². The Hall–Kier alpha value is -0.160. The Morgan fingerprint density at radius 3 is 2.95 bits per heavy atom. The summed E-state index contributed by atoms with van der Waals surface area (Å²) in [5.41, 5.74) is 0. The van der Waals surface area contributed by atoms with E-state index in [1.807, 2.05) is 0 Å². The smallest absolute Gasteiger partial charge is 0.0477 e. The molecule has 1 unspecified atom stereocenters. The highest BCUT2D eigenvalue weighted by Gasteiger charge is 2.28. The number of hydrogen-bond donors (Lipinski definition) is 1. The minimum absolute atomic E-state index is 0.839. The molecule has 0 spiro atoms. The number of ether oxygens (including phenoxy) is 1. The monoisotopic (exact) mass is 269 g/mol. The first kappa shape index (κ1) is 15.2. The van der Waals surface area contributed by atoms with Gasteiger partial charge in [-0.3, -0.25) is 4.90 Å². The summed E-state index contributed by atoms with van der Waals surface area (Å²) >= 11 is 0. The summed E-state index contributed by atoms with van der Waals surface area (Å²) in [4.78, 5) is 5.36. The number of nitrogens with one attached hydrogen (secondary N) is 1. The molecule has 0 aliphatic carbocycles. The largest absolute Gasteiger partial charge is 0.382 e. The minimum Gasteiger partial charge on any atom is -0.382 e. The zero-order valence-electron chi connectivity index (χ0n) is 12.6. The van der Waals surface area contributed by atoms with E-state index < -0.39 is 0 Å². The van der Waals surface area contributed by atoms with Gasteiger partial charge >= 0.3 is 0 Å². The van der Waals surface area contributed by atoms with Crippen molar-refractivity contribution in [3.8, 4) is 0 Å². The van der Waals surface area contributed by atoms with Crippen molar-refractivity contribution >= 4 is 0 Å². The molecular weight excluding hydrogens is 238 g/mol. The number of rotatable bonds is 8. The van der Waals surface area contributed by atoms with Crippen molar-refractivity contribution in [1.29, 1.82) is 0 Å². The van der Waals surface area contributed by atoms with Crippen LogP contribution in [0.2, 0.25) is 0 Å². The van der Waals surface area contributed by atoms with E-state index in [0.717, 1.165) is 38.8 Å². The summed E-state index contributed by atoms with van der Waals surface area (Å²) in [5.74, 6) is 0. The summed E-state index contributed by atoms with van der Waals surface area (Å²) in [6.45, 7) is 12.4. The highest BCUT2D eigenvalue weighted by molar-refractivity contribution is 4.84. The van der Waals surface area contributed by atoms with Crippen molar-refractivity contribution in [1.82, 2.24) is 15.1 Å². The van der Waals surface area contributed by atoms with Crippen molar-refractivity contribution in [2.75, 3.05) is 59.0 Å². The first-order valence-corrected chi connectivity index (χ1v) is 8.15. The molecule has 2 rings (SSSR count). The Morgan fingerprint density at radius 1 is 1.16 bits per heavy atom. The van der Waals surface area contributed by atoms with E-state index in [0.29, 0.717) is 0 Å². The molecule has 1 atom stereocenters. The third-order valence-corrected chi connectivity index (χ3v) is 4.34. The van der Waals surface area contributed by atoms with Crippen LogP contribution in [0.1, 0.15) is 32.6 Å². The van der Waals surface area contributed by atoms with Gasteiger partial charge in [-0.15, -0.1) is 0 Å². The molecule has 4 heteroatoms. The van der Waals surface area contributed by atoms with Gasteiger partial charge in [-0.2, -0.15) is 0 Å². The zero-order chi connectivity index (χ0) is 13.3. The maximum atomic E-state index is 5.34. The van der Waals surface area contributed by atoms with Gasteiger partial charge < -0.3 is 15.0 Å². The Balaban J connectivity index is 1.53. The third-order valence-electron chi connectivity index (χ3n) is 4.34. The second-order valence-corrected chi connectivity index (χ2v) is 5.79. The van der Waals surface area contributed by atoms with Gasteiger partial charge in [-0.05, 0) is 58.8 Å². The lowest BCUT2D eigenvalue weighted by Crippen LogP contribution is -2.39. The van der Waals surface area contributed by atoms with Gasteiger partial charge in [-0.25, -0.2) is 0 Å². The molecule has 2 heterocycles. The van der Waals surface area contributed by atoms with Crippen LogP contribution in [-0.2, 0) is 4.74 Å². The summed E-state index contributed by atoms with van der Waals surface area (Å²) in [5, 5.41) is 3.54. The number of hydrogen-bond acceptors (Lipinski definition) is 4. The molecule has 2 aliphatic heterocycles. The standard InChI is InChI=1S/C15H31N3O/c1-2-19-13-4-7-16-8-12-17-9-5-11-18-10-3-6-15(18)14-17/h15-16H,2-14H2,1H3. The van der Waals surface area contributed by atoms with Crippen LogP contribution >= 0.6 is 0 Å². The molecule has 0 radical (unpaired) electrons. The molecule has 1 N–H and O–H groups in total. The van der Waals surface area contributed by atoms with Crippen LogP contribution in [0.4, 0.5) is 0 Å². The number of nitrogens with zero attached hydrogens (tertiary/aromatic N) is 2. The van der Waals surface area contributed by atoms with Crippen molar-refractivity contribution in [2.45, 2.75) is 38.6 Å². The first-order valence-electron chi connectivity index (χ1n) is 8.15. The third kappa shape index (κ3) is 5.38. The quantitative estimate of drug-likeness (QED) is 0.670. The molecule has 2 saturated heterocycles. The molecule has 0 aromatic rings. The highest BCUT2D eigenvalue weighted by Crippen LogP contribution is 2.20. The van der Waals surface area contributed by atoms with E-state index >= 15 is 0 Å². The lowest BCUT2D eigenvalue weighted by Gasteiger charge is -2.25. The van der Waals surface area contributed by atoms with Crippen molar-refractivity contribution in [3.05, 3.63) is 0 Å². The van der Waals surface area contributed by atoms with Crippen molar-refractivity contribution in [3.63, 3.8) is 0 Å². The topological polar surface area (TPSA) is 27.7 Å². The van der Waals surface area contributed by atoms with Gasteiger partial charge in [0.05, 0.1) is 0 Å². The van der Waals surface area contributed by atoms with Crippen LogP contribution in [0, 0.1) is 0 Å². The minimum atomic E-state index is 0.839. The van der Waals surface area contributed by atoms with Crippen LogP contribution in [0.25, 0.3) is 0 Å². The number of fused-ring (bicyclic) bond motifs is 1. The Morgan fingerprint density at radius 2 is 2.05 bits per heavy atom. The summed E-state index contributed by atoms with van der Waals surface area (Å²) < 4.78 is 5.34. The van der Waals surface area contributed by atoms with Gasteiger partial charge in [0.2, 0.25) is 0 Å². The van der Waals surface area contributed by atoms with E-state index in [2.05, 4.69) is 22.0 Å². The maximum absolute atomic E-state index is 5.34. The summed E-state index contributed by atoms with van der Waals surface area (Å²) in [6.07, 6.45) is 5.30. The molecule has 0 aromatic heterocycles. The van der Waals surface area contributed by atoms with Crippen LogP contribution in [0.5, 0.6) is 0 Å². The van der Waals surface area contributed by atoms with Crippen LogP contribution < -0.4 is 5.32 Å². The zero-order valence-corrected chi connectivity index (χ0v) is 12.6. The summed E-state index contributed by atoms with van der Waals surface area (Å²) in [6, 6.07) is 0.848. The average Bonchev–Trinajstić information content (AvgIpc) is 2.76. The molecule has 2 aliphatic rings. The molecule has 0 bridgehead atoms. The molecule has 0 saturated carbocycles. The fourth-order valence-electron chi connectivity index (χ4n) is 3.29. The molecule has 19 heavy (non-hydrogen) atoms. The van der Waals surface area contributed by atoms with Gasteiger partial charge in [-0.1, -0.05) is 0 Å².